The van der Waals surface area contributed by atoms with Crippen LogP contribution in [0.1, 0.15) is 22.3 Å². The van der Waals surface area contributed by atoms with Crippen molar-refractivity contribution in [3.05, 3.63) is 35.4 Å². The minimum atomic E-state index is -1.21. The van der Waals surface area contributed by atoms with Crippen molar-refractivity contribution in [2.24, 2.45) is 0 Å². The van der Waals surface area contributed by atoms with Crippen LogP contribution in [0.4, 0.5) is 0 Å². The van der Waals surface area contributed by atoms with Crippen LogP contribution in [-0.2, 0) is 0 Å². The number of benzene rings is 1. The Balaban J connectivity index is 2.02. The Morgan fingerprint density at radius 3 is 2.50 bits per heavy atom. The molecule has 3 N–H and O–H groups in total. The number of hydrogen-bond acceptors (Lipinski definition) is 6. The SMILES string of the molecule is N#Cc1ccc(C(=O)C[C@@H]2SC[C@@H](O)[C@H](O)[C@H]2O)cc1. The molecule has 106 valence electrons. The number of aliphatic hydroxyl groups excluding tert-OH is 3. The van der Waals surface area contributed by atoms with Gasteiger partial charge in [-0.3, -0.25) is 4.79 Å². The molecule has 2 rings (SSSR count). The van der Waals surface area contributed by atoms with Gasteiger partial charge in [0.25, 0.3) is 0 Å². The van der Waals surface area contributed by atoms with Crippen molar-refractivity contribution in [1.29, 1.82) is 5.26 Å². The van der Waals surface area contributed by atoms with E-state index in [1.54, 1.807) is 24.3 Å². The predicted molar refractivity (Wildman–Crippen MR) is 74.4 cm³/mol. The molecule has 1 aliphatic rings. The fourth-order valence-electron chi connectivity index (χ4n) is 2.08. The minimum Gasteiger partial charge on any atom is -0.389 e. The van der Waals surface area contributed by atoms with Crippen LogP contribution in [0.25, 0.3) is 0 Å². The maximum absolute atomic E-state index is 12.1. The zero-order chi connectivity index (χ0) is 14.7. The van der Waals surface area contributed by atoms with E-state index >= 15 is 0 Å². The summed E-state index contributed by atoms with van der Waals surface area (Å²) in [5.74, 6) is 0.137. The molecule has 1 aromatic carbocycles. The highest BCUT2D eigenvalue weighted by molar-refractivity contribution is 8.00. The van der Waals surface area contributed by atoms with E-state index in [1.165, 1.54) is 11.8 Å². The van der Waals surface area contributed by atoms with Crippen molar-refractivity contribution >= 4 is 17.5 Å². The number of Topliss-reactive ketones (excluding diaryl/α,β-unsaturated/α-hetero) is 1. The summed E-state index contributed by atoms with van der Waals surface area (Å²) in [7, 11) is 0. The molecule has 20 heavy (non-hydrogen) atoms. The second kappa shape index (κ2) is 6.37. The number of carbonyl (C=O) groups is 1. The van der Waals surface area contributed by atoms with Crippen molar-refractivity contribution in [3.8, 4) is 6.07 Å². The lowest BCUT2D eigenvalue weighted by atomic mass is 9.98. The highest BCUT2D eigenvalue weighted by Crippen LogP contribution is 2.29. The van der Waals surface area contributed by atoms with Crippen molar-refractivity contribution in [2.75, 3.05) is 5.75 Å². The molecule has 0 unspecified atom stereocenters. The van der Waals surface area contributed by atoms with Crippen LogP contribution in [0.2, 0.25) is 0 Å². The third-order valence-electron chi connectivity index (χ3n) is 3.33. The molecule has 0 aromatic heterocycles. The smallest absolute Gasteiger partial charge is 0.164 e. The highest BCUT2D eigenvalue weighted by Gasteiger charge is 2.37. The van der Waals surface area contributed by atoms with Gasteiger partial charge in [0.1, 0.15) is 6.10 Å². The zero-order valence-electron chi connectivity index (χ0n) is 10.6. The first-order valence-corrected chi connectivity index (χ1v) is 7.27. The van der Waals surface area contributed by atoms with E-state index in [-0.39, 0.29) is 12.2 Å². The van der Waals surface area contributed by atoms with E-state index < -0.39 is 23.6 Å². The fourth-order valence-corrected chi connectivity index (χ4v) is 3.35. The van der Waals surface area contributed by atoms with Gasteiger partial charge in [0.15, 0.2) is 5.78 Å². The van der Waals surface area contributed by atoms with Crippen LogP contribution in [0.3, 0.4) is 0 Å². The molecular formula is C14H15NO4S. The Labute approximate surface area is 120 Å². The molecule has 0 aliphatic carbocycles. The summed E-state index contributed by atoms with van der Waals surface area (Å²) in [6.07, 6.45) is -3.21. The lowest BCUT2D eigenvalue weighted by Crippen LogP contribution is -2.49. The molecule has 1 aromatic rings. The second-order valence-corrected chi connectivity index (χ2v) is 6.01. The van der Waals surface area contributed by atoms with Gasteiger partial charge in [0, 0.05) is 23.0 Å². The molecule has 0 amide bonds. The Kier molecular flexibility index (Phi) is 4.78. The van der Waals surface area contributed by atoms with Gasteiger partial charge < -0.3 is 15.3 Å². The number of nitriles is 1. The lowest BCUT2D eigenvalue weighted by molar-refractivity contribution is -0.0551. The van der Waals surface area contributed by atoms with Gasteiger partial charge in [-0.1, -0.05) is 12.1 Å². The maximum Gasteiger partial charge on any atom is 0.164 e. The first-order chi connectivity index (χ1) is 9.52. The summed E-state index contributed by atoms with van der Waals surface area (Å²) >= 11 is 1.28. The number of ketones is 1. The molecule has 0 spiro atoms. The number of aliphatic hydroxyl groups is 3. The second-order valence-electron chi connectivity index (χ2n) is 4.74. The lowest BCUT2D eigenvalue weighted by Gasteiger charge is -2.34. The zero-order valence-corrected chi connectivity index (χ0v) is 11.5. The average Bonchev–Trinajstić information content (AvgIpc) is 2.48. The standard InChI is InChI=1S/C14H15NO4S/c15-6-8-1-3-9(4-2-8)10(16)5-12-14(19)13(18)11(17)7-20-12/h1-4,11-14,17-19H,5,7H2/t11-,12+,13+,14+/m1/s1. The van der Waals surface area contributed by atoms with Gasteiger partial charge in [0.2, 0.25) is 0 Å². The summed E-state index contributed by atoms with van der Waals surface area (Å²) in [5, 5.41) is 37.2. The molecule has 0 saturated carbocycles. The largest absolute Gasteiger partial charge is 0.389 e. The van der Waals surface area contributed by atoms with Crippen molar-refractivity contribution in [3.63, 3.8) is 0 Å². The summed E-state index contributed by atoms with van der Waals surface area (Å²) in [4.78, 5) is 12.1. The average molecular weight is 293 g/mol. The number of carbonyl (C=O) groups excluding carboxylic acids is 1. The number of thioether (sulfide) groups is 1. The fraction of sp³-hybridized carbons (Fsp3) is 0.429. The van der Waals surface area contributed by atoms with Gasteiger partial charge in [-0.2, -0.15) is 17.0 Å². The van der Waals surface area contributed by atoms with E-state index in [2.05, 4.69) is 0 Å². The van der Waals surface area contributed by atoms with Gasteiger partial charge in [-0.05, 0) is 12.1 Å². The Morgan fingerprint density at radius 2 is 1.90 bits per heavy atom. The molecule has 1 aliphatic heterocycles. The Bertz CT molecular complexity index is 525. The van der Waals surface area contributed by atoms with E-state index in [1.807, 2.05) is 6.07 Å². The van der Waals surface area contributed by atoms with E-state index in [9.17, 15) is 20.1 Å². The van der Waals surface area contributed by atoms with Crippen molar-refractivity contribution < 1.29 is 20.1 Å². The number of nitrogens with zero attached hydrogens (tertiary/aromatic N) is 1. The monoisotopic (exact) mass is 293 g/mol. The van der Waals surface area contributed by atoms with Gasteiger partial charge in [-0.25, -0.2) is 0 Å². The molecule has 0 bridgehead atoms. The number of rotatable bonds is 3. The van der Waals surface area contributed by atoms with Crippen LogP contribution in [0, 0.1) is 11.3 Å². The summed E-state index contributed by atoms with van der Waals surface area (Å²) in [5.41, 5.74) is 0.949. The highest BCUT2D eigenvalue weighted by atomic mass is 32.2. The molecule has 0 radical (unpaired) electrons. The van der Waals surface area contributed by atoms with E-state index in [4.69, 9.17) is 5.26 Å². The molecule has 4 atom stereocenters. The first kappa shape index (κ1) is 15.0. The summed E-state index contributed by atoms with van der Waals surface area (Å²) in [6, 6.07) is 8.26. The van der Waals surface area contributed by atoms with Gasteiger partial charge in [-0.15, -0.1) is 0 Å². The minimum absolute atomic E-state index is 0.0848. The number of hydrogen-bond donors (Lipinski definition) is 3. The molecular weight excluding hydrogens is 278 g/mol. The van der Waals surface area contributed by atoms with Crippen molar-refractivity contribution in [2.45, 2.75) is 30.0 Å². The Hall–Kier alpha value is -1.39. The maximum atomic E-state index is 12.1. The van der Waals surface area contributed by atoms with Crippen LogP contribution in [-0.4, -0.2) is 50.4 Å². The molecule has 5 nitrogen and oxygen atoms in total. The summed E-state index contributed by atoms with van der Waals surface area (Å²) < 4.78 is 0. The van der Waals surface area contributed by atoms with Crippen LogP contribution in [0.15, 0.2) is 24.3 Å². The predicted octanol–water partition coefficient (Wildman–Crippen LogP) is 0.329. The van der Waals surface area contributed by atoms with Gasteiger partial charge in [0.05, 0.1) is 23.8 Å². The van der Waals surface area contributed by atoms with E-state index in [0.29, 0.717) is 16.9 Å². The third kappa shape index (κ3) is 3.19. The summed E-state index contributed by atoms with van der Waals surface area (Å²) in [6.45, 7) is 0. The molecule has 1 fully saturated rings. The van der Waals surface area contributed by atoms with Crippen molar-refractivity contribution in [1.82, 2.24) is 0 Å². The first-order valence-electron chi connectivity index (χ1n) is 6.22. The normalized spacial score (nSPS) is 29.7. The Morgan fingerprint density at radius 1 is 1.25 bits per heavy atom. The topological polar surface area (TPSA) is 102 Å². The van der Waals surface area contributed by atoms with Gasteiger partial charge >= 0.3 is 0 Å². The third-order valence-corrected chi connectivity index (χ3v) is 4.74. The van der Waals surface area contributed by atoms with Crippen LogP contribution >= 0.6 is 11.8 Å². The molecule has 6 heteroatoms. The quantitative estimate of drug-likeness (QED) is 0.694. The van der Waals surface area contributed by atoms with Crippen LogP contribution < -0.4 is 0 Å². The van der Waals surface area contributed by atoms with E-state index in [0.717, 1.165) is 0 Å². The molecule has 1 saturated heterocycles. The molecule has 1 heterocycles. The van der Waals surface area contributed by atoms with Crippen LogP contribution in [0.5, 0.6) is 0 Å².